The highest BCUT2D eigenvalue weighted by Gasteiger charge is 2.15. The average molecular weight is 364 g/mol. The Bertz CT molecular complexity index is 683. The van der Waals surface area contributed by atoms with E-state index in [1.54, 1.807) is 18.6 Å². The molecule has 0 aliphatic carbocycles. The van der Waals surface area contributed by atoms with Gasteiger partial charge in [0.25, 0.3) is 5.91 Å². The van der Waals surface area contributed by atoms with Crippen LogP contribution in [0.2, 0.25) is 5.02 Å². The van der Waals surface area contributed by atoms with Crippen LogP contribution in [-0.2, 0) is 0 Å². The van der Waals surface area contributed by atoms with E-state index >= 15 is 0 Å². The lowest BCUT2D eigenvalue weighted by Crippen LogP contribution is -2.30. The lowest BCUT2D eigenvalue weighted by molar-refractivity contribution is 0.0950. The lowest BCUT2D eigenvalue weighted by atomic mass is 10.3. The Morgan fingerprint density at radius 3 is 2.80 bits per heavy atom. The van der Waals surface area contributed by atoms with Crippen molar-refractivity contribution in [2.24, 2.45) is 0 Å². The van der Waals surface area contributed by atoms with E-state index in [0.29, 0.717) is 24.9 Å². The van der Waals surface area contributed by atoms with Gasteiger partial charge in [-0.1, -0.05) is 24.9 Å². The minimum absolute atomic E-state index is 0.175. The van der Waals surface area contributed by atoms with Crippen molar-refractivity contribution in [3.05, 3.63) is 35.5 Å². The van der Waals surface area contributed by atoms with Crippen LogP contribution in [0.25, 0.3) is 0 Å². The second kappa shape index (κ2) is 9.73. The van der Waals surface area contributed by atoms with Crippen molar-refractivity contribution in [2.75, 3.05) is 36.9 Å². The number of nitrogens with one attached hydrogen (secondary N) is 2. The molecule has 2 heterocycles. The van der Waals surface area contributed by atoms with Crippen LogP contribution in [0.3, 0.4) is 0 Å². The summed E-state index contributed by atoms with van der Waals surface area (Å²) >= 11 is 6.07. The van der Waals surface area contributed by atoms with Crippen molar-refractivity contribution < 1.29 is 4.79 Å². The van der Waals surface area contributed by atoms with Gasteiger partial charge >= 0.3 is 0 Å². The number of rotatable bonds is 9. The molecule has 0 saturated heterocycles. The van der Waals surface area contributed by atoms with Crippen molar-refractivity contribution in [3.63, 3.8) is 0 Å². The molecule has 0 bridgehead atoms. The Hall–Kier alpha value is -2.48. The largest absolute Gasteiger partial charge is 0.367 e. The number of hydrogen-bond donors (Lipinski definition) is 2. The molecule has 25 heavy (non-hydrogen) atoms. The van der Waals surface area contributed by atoms with E-state index in [1.165, 1.54) is 6.20 Å². The molecule has 0 saturated carbocycles. The summed E-state index contributed by atoms with van der Waals surface area (Å²) in [5.74, 6) is 0.802. The smallest absolute Gasteiger partial charge is 0.271 e. The number of hydrogen-bond acceptors (Lipinski definition) is 7. The Kier molecular flexibility index (Phi) is 7.34. The molecule has 0 unspecified atom stereocenters. The zero-order valence-electron chi connectivity index (χ0n) is 14.4. The van der Waals surface area contributed by atoms with Crippen LogP contribution >= 0.6 is 11.6 Å². The zero-order chi connectivity index (χ0) is 18.1. The molecule has 1 amide bonds. The van der Waals surface area contributed by atoms with Crippen molar-refractivity contribution in [3.8, 4) is 0 Å². The Morgan fingerprint density at radius 1 is 1.24 bits per heavy atom. The van der Waals surface area contributed by atoms with Crippen molar-refractivity contribution >= 4 is 29.3 Å². The first-order chi connectivity index (χ1) is 12.1. The maximum atomic E-state index is 12.3. The summed E-state index contributed by atoms with van der Waals surface area (Å²) in [6.45, 7) is 3.85. The molecular formula is C16H22ClN7O. The van der Waals surface area contributed by atoms with Gasteiger partial charge in [0.2, 0.25) is 5.95 Å². The van der Waals surface area contributed by atoms with Crippen LogP contribution < -0.4 is 15.5 Å². The standard InChI is InChI=1S/C16H22ClN7O/c1-3-4-9-24(2)16-22-10-12(17)14(23-16)15(25)21-8-7-20-13-11-18-5-6-19-13/h5-6,10-11H,3-4,7-9H2,1-2H3,(H,19,20)(H,21,25). The van der Waals surface area contributed by atoms with Gasteiger partial charge in [0.15, 0.2) is 5.69 Å². The molecule has 0 aliphatic heterocycles. The highest BCUT2D eigenvalue weighted by molar-refractivity contribution is 6.33. The van der Waals surface area contributed by atoms with Crippen LogP contribution in [0.1, 0.15) is 30.3 Å². The summed E-state index contributed by atoms with van der Waals surface area (Å²) < 4.78 is 0. The van der Waals surface area contributed by atoms with Gasteiger partial charge in [-0.15, -0.1) is 0 Å². The second-order valence-corrected chi connectivity index (χ2v) is 5.82. The summed E-state index contributed by atoms with van der Waals surface area (Å²) in [5.41, 5.74) is 0.175. The molecule has 2 rings (SSSR count). The van der Waals surface area contributed by atoms with Crippen LogP contribution in [0.4, 0.5) is 11.8 Å². The van der Waals surface area contributed by atoms with Crippen LogP contribution in [0.15, 0.2) is 24.8 Å². The number of aromatic nitrogens is 4. The Labute approximate surface area is 152 Å². The van der Waals surface area contributed by atoms with Crippen LogP contribution in [0, 0.1) is 0 Å². The van der Waals surface area contributed by atoms with Crippen LogP contribution in [-0.4, -0.2) is 52.5 Å². The number of anilines is 2. The van der Waals surface area contributed by atoms with E-state index in [-0.39, 0.29) is 16.6 Å². The molecule has 0 radical (unpaired) electrons. The molecule has 2 N–H and O–H groups in total. The van der Waals surface area contributed by atoms with E-state index in [9.17, 15) is 4.79 Å². The highest BCUT2D eigenvalue weighted by Crippen LogP contribution is 2.16. The summed E-state index contributed by atoms with van der Waals surface area (Å²) in [6, 6.07) is 0. The fraction of sp³-hybridized carbons (Fsp3) is 0.438. The molecule has 0 aliphatic rings. The maximum Gasteiger partial charge on any atom is 0.271 e. The summed E-state index contributed by atoms with van der Waals surface area (Å²) in [7, 11) is 1.89. The predicted molar refractivity (Wildman–Crippen MR) is 98.1 cm³/mol. The molecule has 2 aromatic rings. The number of carbonyl (C=O) groups is 1. The first-order valence-electron chi connectivity index (χ1n) is 8.13. The minimum Gasteiger partial charge on any atom is -0.367 e. The van der Waals surface area contributed by atoms with E-state index < -0.39 is 0 Å². The van der Waals surface area contributed by atoms with Crippen molar-refractivity contribution in [1.82, 2.24) is 25.3 Å². The fourth-order valence-electron chi connectivity index (χ4n) is 2.04. The highest BCUT2D eigenvalue weighted by atomic mass is 35.5. The quantitative estimate of drug-likeness (QED) is 0.658. The van der Waals surface area contributed by atoms with Gasteiger partial charge in [0.1, 0.15) is 5.82 Å². The molecule has 0 fully saturated rings. The maximum absolute atomic E-state index is 12.3. The molecule has 8 nitrogen and oxygen atoms in total. The zero-order valence-corrected chi connectivity index (χ0v) is 15.1. The Morgan fingerprint density at radius 2 is 2.08 bits per heavy atom. The number of nitrogens with zero attached hydrogens (tertiary/aromatic N) is 5. The third-order valence-electron chi connectivity index (χ3n) is 3.41. The third-order valence-corrected chi connectivity index (χ3v) is 3.69. The molecular weight excluding hydrogens is 342 g/mol. The van der Waals surface area contributed by atoms with E-state index in [2.05, 4.69) is 37.5 Å². The molecule has 2 aromatic heterocycles. The third kappa shape index (κ3) is 5.82. The predicted octanol–water partition coefficient (Wildman–Crippen LogP) is 2.00. The summed E-state index contributed by atoms with van der Waals surface area (Å²) in [5, 5.41) is 6.06. The second-order valence-electron chi connectivity index (χ2n) is 5.41. The molecule has 0 atom stereocenters. The first kappa shape index (κ1) is 18.9. The van der Waals surface area contributed by atoms with E-state index in [4.69, 9.17) is 11.6 Å². The van der Waals surface area contributed by atoms with Gasteiger partial charge in [0, 0.05) is 39.1 Å². The SMILES string of the molecule is CCCCN(C)c1ncc(Cl)c(C(=O)NCCNc2cnccn2)n1. The monoisotopic (exact) mass is 363 g/mol. The van der Waals surface area contributed by atoms with Crippen molar-refractivity contribution in [1.29, 1.82) is 0 Å². The van der Waals surface area contributed by atoms with Gasteiger partial charge in [-0.25, -0.2) is 15.0 Å². The number of carbonyl (C=O) groups excluding carboxylic acids is 1. The molecule has 9 heteroatoms. The topological polar surface area (TPSA) is 95.9 Å². The minimum atomic E-state index is -0.335. The molecule has 134 valence electrons. The van der Waals surface area contributed by atoms with E-state index in [0.717, 1.165) is 19.4 Å². The Balaban J connectivity index is 1.89. The van der Waals surface area contributed by atoms with Gasteiger partial charge in [-0.05, 0) is 6.42 Å². The fourth-order valence-corrected chi connectivity index (χ4v) is 2.21. The van der Waals surface area contributed by atoms with Crippen LogP contribution in [0.5, 0.6) is 0 Å². The number of unbranched alkanes of at least 4 members (excludes halogenated alkanes) is 1. The normalized spacial score (nSPS) is 10.4. The summed E-state index contributed by atoms with van der Waals surface area (Å²) in [6.07, 6.45) is 8.36. The molecule has 0 spiro atoms. The van der Waals surface area contributed by atoms with Gasteiger partial charge in [-0.3, -0.25) is 9.78 Å². The average Bonchev–Trinajstić information content (AvgIpc) is 2.64. The number of amides is 1. The van der Waals surface area contributed by atoms with Crippen molar-refractivity contribution in [2.45, 2.75) is 19.8 Å². The lowest BCUT2D eigenvalue weighted by Gasteiger charge is -2.17. The van der Waals surface area contributed by atoms with Gasteiger partial charge in [-0.2, -0.15) is 0 Å². The molecule has 0 aromatic carbocycles. The summed E-state index contributed by atoms with van der Waals surface area (Å²) in [4.78, 5) is 30.7. The van der Waals surface area contributed by atoms with Gasteiger partial charge < -0.3 is 15.5 Å². The van der Waals surface area contributed by atoms with E-state index in [1.807, 2.05) is 11.9 Å². The van der Waals surface area contributed by atoms with Gasteiger partial charge in [0.05, 0.1) is 17.4 Å². The first-order valence-corrected chi connectivity index (χ1v) is 8.51. The number of halogens is 1.